The van der Waals surface area contributed by atoms with E-state index in [9.17, 15) is 19.5 Å². The highest BCUT2D eigenvalue weighted by molar-refractivity contribution is 5.94. The maximum atomic E-state index is 12.4. The molecular weight excluding hydrogens is 398 g/mol. The second-order valence-corrected chi connectivity index (χ2v) is 7.66. The van der Waals surface area contributed by atoms with Gasteiger partial charge in [0, 0.05) is 6.04 Å². The molecule has 0 aliphatic heterocycles. The van der Waals surface area contributed by atoms with Gasteiger partial charge >= 0.3 is 5.69 Å². The average Bonchev–Trinajstić information content (AvgIpc) is 3.24. The van der Waals surface area contributed by atoms with E-state index in [-0.39, 0.29) is 12.0 Å². The van der Waals surface area contributed by atoms with Gasteiger partial charge in [-0.2, -0.15) is 0 Å². The molecule has 3 aromatic rings. The van der Waals surface area contributed by atoms with E-state index < -0.39 is 28.6 Å². The molecule has 4 rings (SSSR count). The van der Waals surface area contributed by atoms with Crippen LogP contribution in [0.4, 0.5) is 0 Å². The molecule has 2 unspecified atom stereocenters. The van der Waals surface area contributed by atoms with Crippen LogP contribution in [-0.2, 0) is 6.61 Å². The fraction of sp³-hybridized carbons (Fsp3) is 0.261. The minimum atomic E-state index is -0.995. The lowest BCUT2D eigenvalue weighted by atomic mass is 9.97. The summed E-state index contributed by atoms with van der Waals surface area (Å²) in [7, 11) is 0. The lowest BCUT2D eigenvalue weighted by Gasteiger charge is -2.15. The predicted octanol–water partition coefficient (Wildman–Crippen LogP) is 2.41. The van der Waals surface area contributed by atoms with Crippen LogP contribution in [0.1, 0.15) is 46.8 Å². The molecule has 8 heteroatoms. The Morgan fingerprint density at radius 1 is 1.06 bits per heavy atom. The predicted molar refractivity (Wildman–Crippen MR) is 114 cm³/mol. The maximum Gasteiger partial charge on any atom is 0.326 e. The normalized spacial score (nSPS) is 17.9. The minimum absolute atomic E-state index is 0.131. The van der Waals surface area contributed by atoms with Crippen LogP contribution in [0.5, 0.6) is 11.5 Å². The Balaban J connectivity index is 1.38. The van der Waals surface area contributed by atoms with Gasteiger partial charge < -0.3 is 15.2 Å². The fourth-order valence-electron chi connectivity index (χ4n) is 3.92. The molecule has 1 aromatic heterocycles. The fourth-order valence-corrected chi connectivity index (χ4v) is 3.92. The molecule has 160 valence electrons. The molecule has 2 aromatic carbocycles. The van der Waals surface area contributed by atoms with Crippen molar-refractivity contribution in [1.29, 1.82) is 0 Å². The Morgan fingerprint density at radius 2 is 1.87 bits per heavy atom. The van der Waals surface area contributed by atoms with Gasteiger partial charge in [0.1, 0.15) is 12.4 Å². The third-order valence-electron chi connectivity index (χ3n) is 5.49. The summed E-state index contributed by atoms with van der Waals surface area (Å²) >= 11 is 0. The molecular formula is C23H23N3O5. The van der Waals surface area contributed by atoms with Gasteiger partial charge in [0.2, 0.25) is 5.75 Å². The second-order valence-electron chi connectivity index (χ2n) is 7.66. The Morgan fingerprint density at radius 3 is 2.68 bits per heavy atom. The van der Waals surface area contributed by atoms with E-state index in [0.717, 1.165) is 29.7 Å². The number of rotatable bonds is 6. The van der Waals surface area contributed by atoms with Crippen molar-refractivity contribution < 1.29 is 14.6 Å². The van der Waals surface area contributed by atoms with Crippen molar-refractivity contribution in [2.45, 2.75) is 37.8 Å². The number of nitrogens with one attached hydrogen (secondary N) is 3. The molecule has 0 spiro atoms. The molecule has 1 aliphatic rings. The quantitative estimate of drug-likeness (QED) is 0.487. The smallest absolute Gasteiger partial charge is 0.326 e. The summed E-state index contributed by atoms with van der Waals surface area (Å²) in [6, 6.07) is 17.8. The number of carbonyl (C=O) groups is 1. The minimum Gasteiger partial charge on any atom is -0.501 e. The van der Waals surface area contributed by atoms with E-state index in [1.54, 1.807) is 0 Å². The van der Waals surface area contributed by atoms with E-state index >= 15 is 0 Å². The topological polar surface area (TPSA) is 124 Å². The van der Waals surface area contributed by atoms with Gasteiger partial charge in [0.15, 0.2) is 5.69 Å². The van der Waals surface area contributed by atoms with Crippen molar-refractivity contribution in [2.75, 3.05) is 0 Å². The van der Waals surface area contributed by atoms with Gasteiger partial charge in [0.25, 0.3) is 11.5 Å². The molecule has 1 saturated carbocycles. The van der Waals surface area contributed by atoms with E-state index in [0.29, 0.717) is 13.0 Å². The molecule has 8 nitrogen and oxygen atoms in total. The second kappa shape index (κ2) is 8.91. The van der Waals surface area contributed by atoms with Crippen molar-refractivity contribution in [1.82, 2.24) is 15.3 Å². The summed E-state index contributed by atoms with van der Waals surface area (Å²) in [5.74, 6) is -0.432. The van der Waals surface area contributed by atoms with Crippen LogP contribution in [0.15, 0.2) is 64.2 Å². The summed E-state index contributed by atoms with van der Waals surface area (Å²) in [5.41, 5.74) is -0.0316. The van der Waals surface area contributed by atoms with Crippen LogP contribution in [0, 0.1) is 0 Å². The highest BCUT2D eigenvalue weighted by atomic mass is 16.5. The number of ether oxygens (including phenoxy) is 1. The Bertz CT molecular complexity index is 1190. The lowest BCUT2D eigenvalue weighted by molar-refractivity contribution is 0.0928. The molecule has 0 bridgehead atoms. The van der Waals surface area contributed by atoms with Crippen LogP contribution in [0.2, 0.25) is 0 Å². The standard InChI is InChI=1S/C23H23N3O5/c27-20-19(25-23(30)26-22(20)29)21(28)24-17-10-9-16(11-17)15-7-4-8-18(12-15)31-13-14-5-2-1-3-6-14/h1-8,12,16-17,27H,9-11,13H2,(H,24,28)(H2,25,26,29,30). The number of amides is 1. The Kier molecular flexibility index (Phi) is 5.88. The zero-order valence-electron chi connectivity index (χ0n) is 16.8. The Labute approximate surface area is 177 Å². The maximum absolute atomic E-state index is 12.4. The number of carbonyl (C=O) groups excluding carboxylic acids is 1. The van der Waals surface area contributed by atoms with Crippen molar-refractivity contribution in [3.05, 3.63) is 92.3 Å². The summed E-state index contributed by atoms with van der Waals surface area (Å²) in [6.07, 6.45) is 2.34. The highest BCUT2D eigenvalue weighted by Gasteiger charge is 2.28. The molecule has 0 saturated heterocycles. The average molecular weight is 421 g/mol. The number of H-pyrrole nitrogens is 2. The molecule has 0 radical (unpaired) electrons. The Hall–Kier alpha value is -3.81. The van der Waals surface area contributed by atoms with Crippen molar-refractivity contribution in [3.63, 3.8) is 0 Å². The van der Waals surface area contributed by atoms with E-state index in [2.05, 4.69) is 10.3 Å². The van der Waals surface area contributed by atoms with Gasteiger partial charge in [-0.3, -0.25) is 19.6 Å². The molecule has 2 atom stereocenters. The van der Waals surface area contributed by atoms with Crippen LogP contribution >= 0.6 is 0 Å². The number of hydrogen-bond donors (Lipinski definition) is 4. The van der Waals surface area contributed by atoms with Gasteiger partial charge in [-0.1, -0.05) is 42.5 Å². The first-order valence-corrected chi connectivity index (χ1v) is 10.1. The molecule has 4 N–H and O–H groups in total. The van der Waals surface area contributed by atoms with Gasteiger partial charge in [-0.05, 0) is 48.4 Å². The number of aromatic amines is 2. The monoisotopic (exact) mass is 421 g/mol. The van der Waals surface area contributed by atoms with Crippen LogP contribution in [0.25, 0.3) is 0 Å². The summed E-state index contributed by atoms with van der Waals surface area (Å²) in [5, 5.41) is 12.6. The summed E-state index contributed by atoms with van der Waals surface area (Å²) < 4.78 is 5.91. The van der Waals surface area contributed by atoms with Gasteiger partial charge in [-0.15, -0.1) is 0 Å². The number of hydrogen-bond acceptors (Lipinski definition) is 5. The van der Waals surface area contributed by atoms with Crippen molar-refractivity contribution in [2.24, 2.45) is 0 Å². The molecule has 1 amide bonds. The first-order valence-electron chi connectivity index (χ1n) is 10.1. The number of benzene rings is 2. The van der Waals surface area contributed by atoms with Crippen LogP contribution in [0.3, 0.4) is 0 Å². The first-order chi connectivity index (χ1) is 15.0. The molecule has 1 aliphatic carbocycles. The largest absolute Gasteiger partial charge is 0.501 e. The zero-order valence-corrected chi connectivity index (χ0v) is 16.8. The number of aromatic hydroxyl groups is 1. The summed E-state index contributed by atoms with van der Waals surface area (Å²) in [6.45, 7) is 0.492. The van der Waals surface area contributed by atoms with Crippen molar-refractivity contribution in [3.8, 4) is 11.5 Å². The molecule has 1 fully saturated rings. The van der Waals surface area contributed by atoms with E-state index in [1.807, 2.05) is 59.6 Å². The van der Waals surface area contributed by atoms with Crippen LogP contribution in [-0.4, -0.2) is 27.0 Å². The van der Waals surface area contributed by atoms with Gasteiger partial charge in [0.05, 0.1) is 0 Å². The third kappa shape index (κ3) is 4.85. The lowest BCUT2D eigenvalue weighted by Crippen LogP contribution is -2.36. The van der Waals surface area contributed by atoms with Crippen LogP contribution < -0.4 is 21.3 Å². The van der Waals surface area contributed by atoms with E-state index in [1.165, 1.54) is 0 Å². The molecule has 1 heterocycles. The SMILES string of the molecule is O=C(NC1CCC(c2cccc(OCc3ccccc3)c2)C1)c1[nH]c(=O)[nH]c(=O)c1O. The van der Waals surface area contributed by atoms with Gasteiger partial charge in [-0.25, -0.2) is 4.79 Å². The highest BCUT2D eigenvalue weighted by Crippen LogP contribution is 2.36. The van der Waals surface area contributed by atoms with E-state index in [4.69, 9.17) is 4.74 Å². The summed E-state index contributed by atoms with van der Waals surface area (Å²) in [4.78, 5) is 39.4. The third-order valence-corrected chi connectivity index (χ3v) is 5.49. The molecule has 31 heavy (non-hydrogen) atoms. The van der Waals surface area contributed by atoms with Crippen molar-refractivity contribution >= 4 is 5.91 Å². The zero-order chi connectivity index (χ0) is 21.8. The first kappa shape index (κ1) is 20.5. The number of aromatic nitrogens is 2.